The van der Waals surface area contributed by atoms with E-state index in [0.29, 0.717) is 0 Å². The Morgan fingerprint density at radius 2 is 0.576 bits per heavy atom. The molecule has 2 fully saturated rings. The predicted octanol–water partition coefficient (Wildman–Crippen LogP) is 10.0. The monoisotopic (exact) mass is 1210 g/mol. The molecule has 1 N–H and O–H groups in total. The number of rotatable bonds is 19. The van der Waals surface area contributed by atoms with Crippen molar-refractivity contribution in [3.05, 3.63) is 251 Å². The summed E-state index contributed by atoms with van der Waals surface area (Å²) in [6.07, 6.45) is -19.8. The van der Waals surface area contributed by atoms with Gasteiger partial charge in [-0.1, -0.05) is 162 Å². The number of nitrogens with one attached hydrogen (secondary N) is 1. The Morgan fingerprint density at radius 1 is 0.329 bits per heavy atom. The van der Waals surface area contributed by atoms with Gasteiger partial charge in [-0.25, -0.2) is 33.6 Å². The minimum Gasteiger partial charge on any atom is -0.459 e. The maximum absolute atomic E-state index is 14.6. The molecule has 85 heavy (non-hydrogen) atoms. The Morgan fingerprint density at radius 3 is 0.894 bits per heavy atom. The number of alkyl halides is 3. The molecule has 0 spiro atoms. The Balaban J connectivity index is 1.22. The maximum atomic E-state index is 14.6. The summed E-state index contributed by atoms with van der Waals surface area (Å²) in [6.45, 7) is -1.64. The van der Waals surface area contributed by atoms with Crippen LogP contribution in [0.1, 0.15) is 72.5 Å². The van der Waals surface area contributed by atoms with Crippen LogP contribution in [0.5, 0.6) is 0 Å². The molecule has 0 bridgehead atoms. The smallest absolute Gasteiger partial charge is 0.338 e. The molecule has 2 heterocycles. The third-order valence-electron chi connectivity index (χ3n) is 13.0. The predicted molar refractivity (Wildman–Crippen MR) is 303 cm³/mol. The van der Waals surface area contributed by atoms with E-state index in [9.17, 15) is 33.6 Å². The fraction of sp³-hybridized carbons (Fsp3) is 0.206. The highest BCUT2D eigenvalue weighted by Crippen LogP contribution is 2.38. The molecule has 7 aromatic carbocycles. The van der Waals surface area contributed by atoms with Crippen LogP contribution >= 0.6 is 34.8 Å². The minimum absolute atomic E-state index is 0.0119. The zero-order valence-electron chi connectivity index (χ0n) is 44.4. The highest BCUT2D eigenvalue weighted by atomic mass is 35.6. The lowest BCUT2D eigenvalue weighted by Crippen LogP contribution is -2.67. The summed E-state index contributed by atoms with van der Waals surface area (Å²) in [4.78, 5) is 100. The van der Waals surface area contributed by atoms with Gasteiger partial charge in [-0.3, -0.25) is 5.41 Å². The van der Waals surface area contributed by atoms with Gasteiger partial charge in [-0.05, 0) is 84.9 Å². The number of hydrogen-bond acceptors (Lipinski definition) is 19. The molecule has 0 aromatic heterocycles. The lowest BCUT2D eigenvalue weighted by molar-refractivity contribution is -0.350. The lowest BCUT2D eigenvalue weighted by atomic mass is 9.95. The minimum atomic E-state index is -2.59. The van der Waals surface area contributed by atoms with Gasteiger partial charge in [0.15, 0.2) is 30.7 Å². The first-order chi connectivity index (χ1) is 41.1. The van der Waals surface area contributed by atoms with Gasteiger partial charge in [0.05, 0.1) is 38.9 Å². The van der Waals surface area contributed by atoms with E-state index in [2.05, 4.69) is 0 Å². The average Bonchev–Trinajstić information content (AvgIpc) is 1.60. The van der Waals surface area contributed by atoms with E-state index in [4.69, 9.17) is 92.3 Å². The van der Waals surface area contributed by atoms with Crippen molar-refractivity contribution in [3.8, 4) is 0 Å². The Kier molecular flexibility index (Phi) is 20.4. The molecule has 22 heteroatoms. The number of carbonyl (C=O) groups is 7. The van der Waals surface area contributed by atoms with Gasteiger partial charge in [0.2, 0.25) is 18.3 Å². The second kappa shape index (κ2) is 28.6. The fourth-order valence-electron chi connectivity index (χ4n) is 8.85. The second-order valence-corrected chi connectivity index (χ2v) is 21.0. The highest BCUT2D eigenvalue weighted by Gasteiger charge is 2.59. The summed E-state index contributed by atoms with van der Waals surface area (Å²) < 4.78 is 66.3. The van der Waals surface area contributed by atoms with E-state index >= 15 is 0 Å². The van der Waals surface area contributed by atoms with Gasteiger partial charge in [0.1, 0.15) is 31.5 Å². The Hall–Kier alpha value is -8.95. The van der Waals surface area contributed by atoms with E-state index in [-0.39, 0.29) is 38.9 Å². The summed E-state index contributed by atoms with van der Waals surface area (Å²) in [5, 5.41) is 8.69. The normalized spacial score (nSPS) is 21.8. The molecule has 2 aliphatic rings. The van der Waals surface area contributed by atoms with Crippen molar-refractivity contribution < 1.29 is 85.7 Å². The van der Waals surface area contributed by atoms with E-state index in [1.54, 1.807) is 103 Å². The summed E-state index contributed by atoms with van der Waals surface area (Å²) in [5.74, 6) is -8.13. The molecule has 2 saturated heterocycles. The second-order valence-electron chi connectivity index (χ2n) is 18.7. The molecule has 10 atom stereocenters. The quantitative estimate of drug-likeness (QED) is 0.0260. The molecule has 0 radical (unpaired) electrons. The van der Waals surface area contributed by atoms with E-state index in [1.807, 2.05) is 0 Å². The molecule has 0 amide bonds. The van der Waals surface area contributed by atoms with Gasteiger partial charge < -0.3 is 52.1 Å². The SMILES string of the molecule is N=C(O[C@H]1OC(COC(=O)c2ccccc2)[C@@H](O[C@@H]2OC(COC(=O)c3ccccc3)[C@H](OC(=O)c3ccccc3)C(OC(=O)c3ccccc3)C2OC(=O)c2ccccc2)C(OC(=O)c2ccccc2)C1OC(=O)c1ccccc1)C(Cl)(Cl)Cl. The van der Waals surface area contributed by atoms with Crippen LogP contribution in [0.15, 0.2) is 212 Å². The molecular weight excluding hydrogens is 1170 g/mol. The van der Waals surface area contributed by atoms with Gasteiger partial charge in [0.25, 0.3) is 3.79 Å². The third kappa shape index (κ3) is 15.8. The van der Waals surface area contributed by atoms with Crippen LogP contribution < -0.4 is 0 Å². The zero-order chi connectivity index (χ0) is 59.9. The van der Waals surface area contributed by atoms with Crippen molar-refractivity contribution in [2.45, 2.75) is 65.2 Å². The molecule has 0 saturated carbocycles. The van der Waals surface area contributed by atoms with Crippen LogP contribution in [-0.4, -0.2) is 126 Å². The van der Waals surface area contributed by atoms with E-state index < -0.39 is 126 Å². The molecule has 436 valence electrons. The fourth-order valence-corrected chi connectivity index (χ4v) is 8.99. The zero-order valence-corrected chi connectivity index (χ0v) is 46.6. The van der Waals surface area contributed by atoms with Crippen molar-refractivity contribution in [3.63, 3.8) is 0 Å². The maximum Gasteiger partial charge on any atom is 0.338 e. The highest BCUT2D eigenvalue weighted by molar-refractivity contribution is 6.76. The topological polar surface area (TPSA) is 245 Å². The van der Waals surface area contributed by atoms with Crippen LogP contribution in [0.4, 0.5) is 0 Å². The van der Waals surface area contributed by atoms with Crippen molar-refractivity contribution in [1.82, 2.24) is 0 Å². The van der Waals surface area contributed by atoms with Gasteiger partial charge in [0, 0.05) is 0 Å². The van der Waals surface area contributed by atoms with Crippen LogP contribution in [0.3, 0.4) is 0 Å². The van der Waals surface area contributed by atoms with Gasteiger partial charge in [-0.2, -0.15) is 0 Å². The van der Waals surface area contributed by atoms with E-state index in [0.717, 1.165) is 0 Å². The first kappa shape index (κ1) is 60.6. The van der Waals surface area contributed by atoms with Crippen LogP contribution in [0.25, 0.3) is 0 Å². The first-order valence-electron chi connectivity index (χ1n) is 26.1. The largest absolute Gasteiger partial charge is 0.459 e. The number of carbonyl (C=O) groups excluding carboxylic acids is 7. The number of benzene rings is 7. The van der Waals surface area contributed by atoms with E-state index in [1.165, 1.54) is 109 Å². The summed E-state index contributed by atoms with van der Waals surface area (Å²) in [5.41, 5.74) is 0.00502. The van der Waals surface area contributed by atoms with Crippen molar-refractivity contribution in [2.24, 2.45) is 0 Å². The van der Waals surface area contributed by atoms with Gasteiger partial charge in [-0.15, -0.1) is 0 Å². The lowest BCUT2D eigenvalue weighted by Gasteiger charge is -2.48. The van der Waals surface area contributed by atoms with Crippen molar-refractivity contribution in [2.75, 3.05) is 13.2 Å². The Bertz CT molecular complexity index is 3420. The van der Waals surface area contributed by atoms with Crippen molar-refractivity contribution in [1.29, 1.82) is 5.41 Å². The average molecular weight is 1220 g/mol. The van der Waals surface area contributed by atoms with Crippen LogP contribution in [0, 0.1) is 5.41 Å². The molecule has 7 aromatic rings. The van der Waals surface area contributed by atoms with Crippen molar-refractivity contribution >= 4 is 82.5 Å². The molecule has 6 unspecified atom stereocenters. The number of esters is 7. The first-order valence-corrected chi connectivity index (χ1v) is 27.3. The Labute approximate surface area is 500 Å². The summed E-state index contributed by atoms with van der Waals surface area (Å²) in [7, 11) is 0. The number of hydrogen-bond donors (Lipinski definition) is 1. The molecule has 9 rings (SSSR count). The molecule has 0 aliphatic carbocycles. The third-order valence-corrected chi connectivity index (χ3v) is 13.5. The molecule has 2 aliphatic heterocycles. The van der Waals surface area contributed by atoms with Crippen LogP contribution in [0.2, 0.25) is 0 Å². The number of halogens is 3. The molecular formula is C63H50Cl3NO18. The van der Waals surface area contributed by atoms with Crippen LogP contribution in [-0.2, 0) is 52.1 Å². The van der Waals surface area contributed by atoms with Gasteiger partial charge >= 0.3 is 41.8 Å². The summed E-state index contributed by atoms with van der Waals surface area (Å²) >= 11 is 18.5. The number of ether oxygens (including phenoxy) is 11. The standard InChI is InChI=1S/C63H50Cl3NO18/c64-63(65,66)62(67)85-61-52(83-59(74)44-34-20-7-21-35-44)50(81-57(72)42-30-16-5-17-31-42)48(46(78-61)37-76-54(69)39-24-10-2-11-25-39)84-60-51(82-58(73)43-32-18-6-19-33-43)49(80-56(71)41-28-14-4-15-29-41)47(79-55(70)40-26-12-3-13-27-40)45(77-60)36-75-53(68)38-22-8-1-9-23-38/h1-35,45-52,60-61,67H,36-37H2/t45?,46?,47-,48+,49?,50?,51?,52?,60-,61+/m0/s1. The summed E-state index contributed by atoms with van der Waals surface area (Å²) in [6, 6.07) is 53.3. The molecule has 19 nitrogen and oxygen atoms in total.